The van der Waals surface area contributed by atoms with Crippen LogP contribution in [0.3, 0.4) is 0 Å². The zero-order chi connectivity index (χ0) is 18.9. The number of hydrogen-bond donors (Lipinski definition) is 1. The molecule has 5 nitrogen and oxygen atoms in total. The first-order valence-corrected chi connectivity index (χ1v) is 8.57. The van der Waals surface area contributed by atoms with Crippen molar-refractivity contribution in [2.24, 2.45) is 0 Å². The predicted octanol–water partition coefficient (Wildman–Crippen LogP) is 3.55. The smallest absolute Gasteiger partial charge is 0.408 e. The lowest BCUT2D eigenvalue weighted by molar-refractivity contribution is -0.121. The van der Waals surface area contributed by atoms with E-state index in [1.807, 2.05) is 42.3 Å². The van der Waals surface area contributed by atoms with Crippen molar-refractivity contribution in [1.82, 2.24) is 10.2 Å². The van der Waals surface area contributed by atoms with Gasteiger partial charge in [0, 0.05) is 19.5 Å². The molecule has 0 aliphatic heterocycles. The number of likely N-dealkylation sites (N-methyl/N-ethyl adjacent to an activating group) is 1. The third-order valence-corrected chi connectivity index (χ3v) is 3.46. The molecule has 0 aliphatic carbocycles. The number of carbonyl (C=O) groups is 2. The van der Waals surface area contributed by atoms with Crippen LogP contribution in [0.1, 0.15) is 39.2 Å². The van der Waals surface area contributed by atoms with Crippen LogP contribution in [-0.2, 0) is 16.1 Å². The topological polar surface area (TPSA) is 58.6 Å². The van der Waals surface area contributed by atoms with Crippen LogP contribution in [0.5, 0.6) is 0 Å². The minimum Gasteiger partial charge on any atom is -0.444 e. The van der Waals surface area contributed by atoms with E-state index in [1.165, 1.54) is 0 Å². The van der Waals surface area contributed by atoms with Crippen LogP contribution < -0.4 is 5.32 Å². The zero-order valence-electron chi connectivity index (χ0n) is 15.7. The first kappa shape index (κ1) is 20.9. The number of amides is 1. The number of rotatable bonds is 9. The monoisotopic (exact) mass is 346 g/mol. The lowest BCUT2D eigenvalue weighted by Gasteiger charge is -2.26. The van der Waals surface area contributed by atoms with Crippen LogP contribution >= 0.6 is 0 Å². The number of nitrogens with zero attached hydrogens (tertiary/aromatic N) is 1. The van der Waals surface area contributed by atoms with Gasteiger partial charge in [-0.2, -0.15) is 0 Å². The molecule has 1 aromatic rings. The van der Waals surface area contributed by atoms with Crippen molar-refractivity contribution in [3.63, 3.8) is 0 Å². The van der Waals surface area contributed by atoms with Crippen molar-refractivity contribution >= 4 is 11.9 Å². The number of ether oxygens (including phenoxy) is 1. The van der Waals surface area contributed by atoms with Crippen LogP contribution in [0.2, 0.25) is 0 Å². The maximum atomic E-state index is 12.4. The van der Waals surface area contributed by atoms with Crippen molar-refractivity contribution < 1.29 is 14.3 Å². The van der Waals surface area contributed by atoms with Crippen LogP contribution in [0.25, 0.3) is 0 Å². The summed E-state index contributed by atoms with van der Waals surface area (Å²) in [6.45, 7) is 10.1. The average molecular weight is 346 g/mol. The van der Waals surface area contributed by atoms with E-state index in [9.17, 15) is 9.59 Å². The minimum atomic E-state index is -0.608. The van der Waals surface area contributed by atoms with Gasteiger partial charge in [-0.05, 0) is 39.8 Å². The fraction of sp³-hybridized carbons (Fsp3) is 0.500. The van der Waals surface area contributed by atoms with Gasteiger partial charge in [-0.15, -0.1) is 6.58 Å². The molecule has 1 atom stereocenters. The lowest BCUT2D eigenvalue weighted by Crippen LogP contribution is -2.49. The molecule has 0 spiro atoms. The number of Topliss-reactive ketones (excluding diaryl/α,β-unsaturated/α-hetero) is 1. The summed E-state index contributed by atoms with van der Waals surface area (Å²) in [5.41, 5.74) is 0.550. The quantitative estimate of drug-likeness (QED) is 0.695. The second-order valence-corrected chi connectivity index (χ2v) is 7.17. The summed E-state index contributed by atoms with van der Waals surface area (Å²) in [5, 5.41) is 2.71. The van der Waals surface area contributed by atoms with E-state index in [2.05, 4.69) is 11.9 Å². The predicted molar refractivity (Wildman–Crippen MR) is 100 cm³/mol. The van der Waals surface area contributed by atoms with E-state index in [0.29, 0.717) is 25.9 Å². The second-order valence-electron chi connectivity index (χ2n) is 7.17. The minimum absolute atomic E-state index is 0.0225. The van der Waals surface area contributed by atoms with Crippen molar-refractivity contribution in [3.05, 3.63) is 48.6 Å². The molecule has 1 rings (SSSR count). The summed E-state index contributed by atoms with van der Waals surface area (Å²) in [5.74, 6) is -0.0225. The lowest BCUT2D eigenvalue weighted by atomic mass is 10.1. The van der Waals surface area contributed by atoms with E-state index in [0.717, 1.165) is 5.56 Å². The highest BCUT2D eigenvalue weighted by atomic mass is 16.6. The Morgan fingerprint density at radius 3 is 2.48 bits per heavy atom. The van der Waals surface area contributed by atoms with E-state index < -0.39 is 17.7 Å². The number of hydrogen-bond acceptors (Lipinski definition) is 4. The normalized spacial score (nSPS) is 12.5. The molecule has 0 aliphatic rings. The highest BCUT2D eigenvalue weighted by Gasteiger charge is 2.25. The SMILES string of the molecule is C=CCCC(=O)C(CN(C)Cc1ccccc1)NC(=O)OC(C)(C)C. The van der Waals surface area contributed by atoms with Crippen molar-refractivity contribution in [2.75, 3.05) is 13.6 Å². The molecule has 1 unspecified atom stereocenters. The summed E-state index contributed by atoms with van der Waals surface area (Å²) in [7, 11) is 1.93. The van der Waals surface area contributed by atoms with Gasteiger partial charge in [0.1, 0.15) is 11.6 Å². The average Bonchev–Trinajstić information content (AvgIpc) is 2.51. The summed E-state index contributed by atoms with van der Waals surface area (Å²) in [6, 6.07) is 9.39. The Balaban J connectivity index is 2.70. The van der Waals surface area contributed by atoms with Gasteiger partial charge in [-0.1, -0.05) is 36.4 Å². The van der Waals surface area contributed by atoms with Gasteiger partial charge >= 0.3 is 6.09 Å². The summed E-state index contributed by atoms with van der Waals surface area (Å²) >= 11 is 0. The standard InChI is InChI=1S/C20H30N2O3/c1-6-7-13-18(23)17(21-19(24)25-20(2,3)4)15-22(5)14-16-11-9-8-10-12-16/h6,8-12,17H,1,7,13-15H2,2-5H3,(H,21,24). The second kappa shape index (κ2) is 9.99. The van der Waals surface area contributed by atoms with Crippen LogP contribution in [-0.4, -0.2) is 42.0 Å². The molecular formula is C20H30N2O3. The Hall–Kier alpha value is -2.14. The Morgan fingerprint density at radius 2 is 1.92 bits per heavy atom. The zero-order valence-corrected chi connectivity index (χ0v) is 15.7. The van der Waals surface area contributed by atoms with E-state index in [1.54, 1.807) is 26.8 Å². The fourth-order valence-corrected chi connectivity index (χ4v) is 2.37. The molecule has 0 aromatic heterocycles. The highest BCUT2D eigenvalue weighted by molar-refractivity contribution is 5.87. The molecule has 1 aromatic carbocycles. The first-order valence-electron chi connectivity index (χ1n) is 8.57. The molecule has 0 fully saturated rings. The van der Waals surface area contributed by atoms with Gasteiger partial charge in [0.2, 0.25) is 0 Å². The Labute approximate surface area is 151 Å². The molecule has 0 radical (unpaired) electrons. The van der Waals surface area contributed by atoms with Crippen molar-refractivity contribution in [3.8, 4) is 0 Å². The summed E-state index contributed by atoms with van der Waals surface area (Å²) < 4.78 is 5.28. The van der Waals surface area contributed by atoms with Gasteiger partial charge in [-0.3, -0.25) is 9.69 Å². The molecule has 0 heterocycles. The summed E-state index contributed by atoms with van der Waals surface area (Å²) in [6.07, 6.45) is 2.07. The third-order valence-electron chi connectivity index (χ3n) is 3.46. The number of benzene rings is 1. The number of allylic oxidation sites excluding steroid dienone is 1. The molecule has 25 heavy (non-hydrogen) atoms. The Kier molecular flexibility index (Phi) is 8.35. The number of alkyl carbamates (subject to hydrolysis) is 1. The van der Waals surface area contributed by atoms with E-state index in [-0.39, 0.29) is 5.78 Å². The maximum absolute atomic E-state index is 12.4. The number of carbonyl (C=O) groups excluding carboxylic acids is 2. The summed E-state index contributed by atoms with van der Waals surface area (Å²) in [4.78, 5) is 26.5. The van der Waals surface area contributed by atoms with E-state index >= 15 is 0 Å². The maximum Gasteiger partial charge on any atom is 0.408 e. The molecule has 1 N–H and O–H groups in total. The van der Waals surface area contributed by atoms with Gasteiger partial charge in [0.05, 0.1) is 0 Å². The van der Waals surface area contributed by atoms with Crippen LogP contribution in [0.4, 0.5) is 4.79 Å². The van der Waals surface area contributed by atoms with Crippen LogP contribution in [0, 0.1) is 0 Å². The van der Waals surface area contributed by atoms with Gasteiger partial charge in [-0.25, -0.2) is 4.79 Å². The third kappa shape index (κ3) is 9.05. The molecular weight excluding hydrogens is 316 g/mol. The Morgan fingerprint density at radius 1 is 1.28 bits per heavy atom. The number of nitrogens with one attached hydrogen (secondary N) is 1. The van der Waals surface area contributed by atoms with Crippen LogP contribution in [0.15, 0.2) is 43.0 Å². The molecule has 0 saturated carbocycles. The highest BCUT2D eigenvalue weighted by Crippen LogP contribution is 2.09. The largest absolute Gasteiger partial charge is 0.444 e. The molecule has 0 saturated heterocycles. The van der Waals surface area contributed by atoms with Gasteiger partial charge in [0.15, 0.2) is 5.78 Å². The molecule has 138 valence electrons. The fourth-order valence-electron chi connectivity index (χ4n) is 2.37. The molecule has 0 bridgehead atoms. The Bertz CT molecular complexity index is 564. The van der Waals surface area contributed by atoms with Gasteiger partial charge in [0.25, 0.3) is 0 Å². The molecule has 5 heteroatoms. The molecule has 1 amide bonds. The van der Waals surface area contributed by atoms with Crippen molar-refractivity contribution in [1.29, 1.82) is 0 Å². The number of ketones is 1. The first-order chi connectivity index (χ1) is 11.7. The van der Waals surface area contributed by atoms with E-state index in [4.69, 9.17) is 4.74 Å². The van der Waals surface area contributed by atoms with Gasteiger partial charge < -0.3 is 10.1 Å². The van der Waals surface area contributed by atoms with Crippen molar-refractivity contribution in [2.45, 2.75) is 51.8 Å².